The predicted molar refractivity (Wildman–Crippen MR) is 88.8 cm³/mol. The van der Waals surface area contributed by atoms with E-state index in [0.717, 1.165) is 16.8 Å². The van der Waals surface area contributed by atoms with Gasteiger partial charge in [-0.15, -0.1) is 0 Å². The Morgan fingerprint density at radius 2 is 2.05 bits per heavy atom. The van der Waals surface area contributed by atoms with E-state index in [4.69, 9.17) is 16.3 Å². The SMILES string of the molecule is O=C(OCc1ccccc1)C1CC=Cc2cc(Cl)ccc2N1. The highest BCUT2D eigenvalue weighted by Crippen LogP contribution is 2.26. The van der Waals surface area contributed by atoms with Crippen molar-refractivity contribution in [2.75, 3.05) is 5.32 Å². The summed E-state index contributed by atoms with van der Waals surface area (Å²) in [7, 11) is 0. The summed E-state index contributed by atoms with van der Waals surface area (Å²) in [6.45, 7) is 0.287. The average molecular weight is 314 g/mol. The number of anilines is 1. The topological polar surface area (TPSA) is 38.3 Å². The summed E-state index contributed by atoms with van der Waals surface area (Å²) in [5.74, 6) is -0.253. The molecule has 0 fully saturated rings. The molecule has 2 aromatic rings. The van der Waals surface area contributed by atoms with Gasteiger partial charge in [0.25, 0.3) is 0 Å². The maximum Gasteiger partial charge on any atom is 0.329 e. The molecule has 0 saturated carbocycles. The van der Waals surface area contributed by atoms with Gasteiger partial charge in [0.15, 0.2) is 0 Å². The van der Waals surface area contributed by atoms with Crippen molar-refractivity contribution >= 4 is 29.3 Å². The Morgan fingerprint density at radius 1 is 1.23 bits per heavy atom. The Balaban J connectivity index is 1.66. The number of hydrogen-bond donors (Lipinski definition) is 1. The van der Waals surface area contributed by atoms with Crippen molar-refractivity contribution in [3.8, 4) is 0 Å². The molecule has 0 amide bonds. The van der Waals surface area contributed by atoms with E-state index in [1.165, 1.54) is 0 Å². The zero-order valence-electron chi connectivity index (χ0n) is 12.0. The Morgan fingerprint density at radius 3 is 2.86 bits per heavy atom. The first-order valence-electron chi connectivity index (χ1n) is 7.15. The second kappa shape index (κ2) is 6.67. The minimum atomic E-state index is -0.387. The van der Waals surface area contributed by atoms with Crippen LogP contribution in [0.2, 0.25) is 5.02 Å². The maximum absolute atomic E-state index is 12.3. The van der Waals surface area contributed by atoms with Crippen molar-refractivity contribution in [3.05, 3.63) is 70.8 Å². The van der Waals surface area contributed by atoms with Crippen LogP contribution in [-0.2, 0) is 16.1 Å². The lowest BCUT2D eigenvalue weighted by Crippen LogP contribution is -2.30. The molecule has 0 aliphatic carbocycles. The van der Waals surface area contributed by atoms with Gasteiger partial charge in [-0.2, -0.15) is 0 Å². The first-order valence-corrected chi connectivity index (χ1v) is 7.53. The molecule has 0 aromatic heterocycles. The van der Waals surface area contributed by atoms with Crippen LogP contribution in [0.15, 0.2) is 54.6 Å². The van der Waals surface area contributed by atoms with E-state index in [0.29, 0.717) is 11.4 Å². The summed E-state index contributed by atoms with van der Waals surface area (Å²) in [5.41, 5.74) is 2.85. The van der Waals surface area contributed by atoms with E-state index >= 15 is 0 Å². The number of ether oxygens (including phenoxy) is 1. The molecule has 1 heterocycles. The van der Waals surface area contributed by atoms with Crippen LogP contribution in [0.4, 0.5) is 5.69 Å². The molecule has 0 saturated heterocycles. The van der Waals surface area contributed by atoms with Crippen molar-refractivity contribution in [1.82, 2.24) is 0 Å². The summed E-state index contributed by atoms with van der Waals surface area (Å²) in [5, 5.41) is 3.90. The summed E-state index contributed by atoms with van der Waals surface area (Å²) < 4.78 is 5.40. The minimum Gasteiger partial charge on any atom is -0.459 e. The number of esters is 1. The largest absolute Gasteiger partial charge is 0.459 e. The molecule has 1 unspecified atom stereocenters. The Kier molecular flexibility index (Phi) is 4.45. The van der Waals surface area contributed by atoms with Crippen molar-refractivity contribution in [2.24, 2.45) is 0 Å². The van der Waals surface area contributed by atoms with Gasteiger partial charge in [-0.05, 0) is 35.7 Å². The molecule has 0 bridgehead atoms. The van der Waals surface area contributed by atoms with E-state index in [1.54, 1.807) is 6.07 Å². The van der Waals surface area contributed by atoms with Crippen LogP contribution >= 0.6 is 11.6 Å². The van der Waals surface area contributed by atoms with Crippen LogP contribution in [0.1, 0.15) is 17.5 Å². The van der Waals surface area contributed by atoms with Gasteiger partial charge in [-0.1, -0.05) is 54.1 Å². The fraction of sp³-hybridized carbons (Fsp3) is 0.167. The molecule has 1 atom stereocenters. The minimum absolute atomic E-state index is 0.253. The van der Waals surface area contributed by atoms with Gasteiger partial charge in [-0.3, -0.25) is 0 Å². The van der Waals surface area contributed by atoms with Crippen molar-refractivity contribution < 1.29 is 9.53 Å². The van der Waals surface area contributed by atoms with E-state index in [1.807, 2.05) is 54.6 Å². The number of hydrogen-bond acceptors (Lipinski definition) is 3. The Hall–Kier alpha value is -2.26. The van der Waals surface area contributed by atoms with Gasteiger partial charge in [0.2, 0.25) is 0 Å². The number of benzene rings is 2. The molecule has 1 N–H and O–H groups in total. The number of carbonyl (C=O) groups is 1. The third kappa shape index (κ3) is 3.49. The van der Waals surface area contributed by atoms with E-state index in [2.05, 4.69) is 5.32 Å². The predicted octanol–water partition coefficient (Wildman–Crippen LogP) is 4.28. The van der Waals surface area contributed by atoms with Gasteiger partial charge in [0.05, 0.1) is 0 Å². The zero-order chi connectivity index (χ0) is 15.4. The van der Waals surface area contributed by atoms with E-state index < -0.39 is 0 Å². The van der Waals surface area contributed by atoms with E-state index in [-0.39, 0.29) is 18.6 Å². The second-order valence-electron chi connectivity index (χ2n) is 5.16. The first kappa shape index (κ1) is 14.7. The van der Waals surface area contributed by atoms with Gasteiger partial charge >= 0.3 is 5.97 Å². The lowest BCUT2D eigenvalue weighted by Gasteiger charge is -2.17. The van der Waals surface area contributed by atoms with Crippen LogP contribution in [0.3, 0.4) is 0 Å². The Labute approximate surface area is 134 Å². The molecular weight excluding hydrogens is 298 g/mol. The number of fused-ring (bicyclic) bond motifs is 1. The van der Waals surface area contributed by atoms with Crippen LogP contribution in [0.25, 0.3) is 6.08 Å². The summed E-state index contributed by atoms with van der Waals surface area (Å²) in [6, 6.07) is 14.8. The van der Waals surface area contributed by atoms with Crippen molar-refractivity contribution in [3.63, 3.8) is 0 Å². The molecule has 4 heteroatoms. The second-order valence-corrected chi connectivity index (χ2v) is 5.60. The van der Waals surface area contributed by atoms with Crippen LogP contribution < -0.4 is 5.32 Å². The fourth-order valence-corrected chi connectivity index (χ4v) is 2.55. The molecule has 22 heavy (non-hydrogen) atoms. The number of nitrogens with one attached hydrogen (secondary N) is 1. The molecule has 0 spiro atoms. The molecule has 112 valence electrons. The molecule has 3 nitrogen and oxygen atoms in total. The number of halogens is 1. The molecule has 1 aliphatic heterocycles. The third-order valence-corrected chi connectivity index (χ3v) is 3.76. The normalized spacial score (nSPS) is 16.3. The van der Waals surface area contributed by atoms with E-state index in [9.17, 15) is 4.79 Å². The standard InChI is InChI=1S/C18H16ClNO2/c19-15-9-10-16-14(11-15)7-4-8-17(20-16)18(21)22-12-13-5-2-1-3-6-13/h1-7,9-11,17,20H,8,12H2. The molecule has 1 aliphatic rings. The quantitative estimate of drug-likeness (QED) is 0.859. The fourth-order valence-electron chi connectivity index (χ4n) is 2.37. The number of carbonyl (C=O) groups excluding carboxylic acids is 1. The van der Waals surface area contributed by atoms with Gasteiger partial charge in [0.1, 0.15) is 12.6 Å². The Bertz CT molecular complexity index is 697. The smallest absolute Gasteiger partial charge is 0.329 e. The monoisotopic (exact) mass is 313 g/mol. The summed E-state index contributed by atoms with van der Waals surface area (Å²) in [4.78, 5) is 12.3. The van der Waals surface area contributed by atoms with Gasteiger partial charge in [-0.25, -0.2) is 4.79 Å². The molecule has 2 aromatic carbocycles. The first-order chi connectivity index (χ1) is 10.7. The van der Waals surface area contributed by atoms with Crippen molar-refractivity contribution in [1.29, 1.82) is 0 Å². The average Bonchev–Trinajstić information content (AvgIpc) is 2.75. The van der Waals surface area contributed by atoms with Crippen LogP contribution in [0.5, 0.6) is 0 Å². The molecule has 3 rings (SSSR count). The van der Waals surface area contributed by atoms with Gasteiger partial charge in [0, 0.05) is 10.7 Å². The van der Waals surface area contributed by atoms with Gasteiger partial charge < -0.3 is 10.1 Å². The highest BCUT2D eigenvalue weighted by atomic mass is 35.5. The molecule has 0 radical (unpaired) electrons. The van der Waals surface area contributed by atoms with Crippen molar-refractivity contribution in [2.45, 2.75) is 19.1 Å². The summed E-state index contributed by atoms with van der Waals surface area (Å²) in [6.07, 6.45) is 4.52. The zero-order valence-corrected chi connectivity index (χ0v) is 12.7. The molecular formula is C18H16ClNO2. The summed E-state index contributed by atoms with van der Waals surface area (Å²) >= 11 is 5.99. The highest BCUT2D eigenvalue weighted by molar-refractivity contribution is 6.30. The van der Waals surface area contributed by atoms with Crippen LogP contribution in [0, 0.1) is 0 Å². The van der Waals surface area contributed by atoms with Crippen LogP contribution in [-0.4, -0.2) is 12.0 Å². The highest BCUT2D eigenvalue weighted by Gasteiger charge is 2.21. The maximum atomic E-state index is 12.3. The third-order valence-electron chi connectivity index (χ3n) is 3.52. The lowest BCUT2D eigenvalue weighted by atomic mass is 10.2. The lowest BCUT2D eigenvalue weighted by molar-refractivity contribution is -0.145. The number of rotatable bonds is 3.